The predicted octanol–water partition coefficient (Wildman–Crippen LogP) is 4.02. The van der Waals surface area contributed by atoms with Crippen molar-refractivity contribution in [2.24, 2.45) is 0 Å². The summed E-state index contributed by atoms with van der Waals surface area (Å²) < 4.78 is 10.9. The third-order valence-corrected chi connectivity index (χ3v) is 6.25. The minimum Gasteiger partial charge on any atom is -0.454 e. The molecule has 162 valence electrons. The summed E-state index contributed by atoms with van der Waals surface area (Å²) in [6.07, 6.45) is 3.78. The highest BCUT2D eigenvalue weighted by Crippen LogP contribution is 2.51. The molecule has 2 heterocycles. The van der Waals surface area contributed by atoms with Gasteiger partial charge in [-0.05, 0) is 54.3 Å². The molecule has 2 aromatic carbocycles. The van der Waals surface area contributed by atoms with Gasteiger partial charge in [0.25, 0.3) is 5.91 Å². The molecule has 1 saturated carbocycles. The molecule has 1 aromatic heterocycles. The molecule has 0 bridgehead atoms. The highest BCUT2D eigenvalue weighted by molar-refractivity contribution is 5.95. The minimum absolute atomic E-state index is 0.0278. The van der Waals surface area contributed by atoms with Crippen LogP contribution < -0.4 is 9.47 Å². The summed E-state index contributed by atoms with van der Waals surface area (Å²) in [4.78, 5) is 31.3. The number of aromatic nitrogens is 1. The highest BCUT2D eigenvalue weighted by atomic mass is 16.7. The number of hydrogen-bond acceptors (Lipinski definition) is 5. The number of Topliss-reactive ketones (excluding diaryl/α,β-unsaturated/α-hetero) is 1. The van der Waals surface area contributed by atoms with Crippen LogP contribution in [0.15, 0.2) is 60.8 Å². The number of rotatable bonds is 6. The Balaban J connectivity index is 1.29. The van der Waals surface area contributed by atoms with Crippen molar-refractivity contribution in [3.05, 3.63) is 77.6 Å². The number of benzene rings is 2. The lowest BCUT2D eigenvalue weighted by Gasteiger charge is -2.15. The first-order valence-corrected chi connectivity index (χ1v) is 10.7. The van der Waals surface area contributed by atoms with E-state index in [-0.39, 0.29) is 18.5 Å². The monoisotopic (exact) mass is 428 g/mol. The summed E-state index contributed by atoms with van der Waals surface area (Å²) in [5, 5.41) is 0. The number of ether oxygens (including phenoxy) is 2. The third-order valence-electron chi connectivity index (χ3n) is 6.25. The Morgan fingerprint density at radius 1 is 0.938 bits per heavy atom. The van der Waals surface area contributed by atoms with Crippen molar-refractivity contribution in [3.63, 3.8) is 0 Å². The topological polar surface area (TPSA) is 68.7 Å². The number of pyridine rings is 1. The number of fused-ring (bicyclic) bond motifs is 1. The van der Waals surface area contributed by atoms with E-state index in [9.17, 15) is 9.59 Å². The summed E-state index contributed by atoms with van der Waals surface area (Å²) in [6.45, 7) is 0.227. The van der Waals surface area contributed by atoms with E-state index in [4.69, 9.17) is 9.47 Å². The van der Waals surface area contributed by atoms with Crippen LogP contribution in [0, 0.1) is 0 Å². The van der Waals surface area contributed by atoms with Crippen LogP contribution in [0.25, 0.3) is 11.1 Å². The van der Waals surface area contributed by atoms with Crippen LogP contribution in [0.2, 0.25) is 0 Å². The Bertz CT molecular complexity index is 1180. The SMILES string of the molecule is CN(C)C(=O)c1ccc(-c2ccc(CC(=O)C3(c4ccc5c(c4)OCO5)CC3)nc2)cc1. The summed E-state index contributed by atoms with van der Waals surface area (Å²) in [6, 6.07) is 17.1. The molecule has 2 aliphatic rings. The average molecular weight is 428 g/mol. The summed E-state index contributed by atoms with van der Waals surface area (Å²) >= 11 is 0. The van der Waals surface area contributed by atoms with Crippen LogP contribution in [-0.2, 0) is 16.6 Å². The largest absolute Gasteiger partial charge is 0.454 e. The molecule has 6 heteroatoms. The van der Waals surface area contributed by atoms with Gasteiger partial charge in [0.15, 0.2) is 11.5 Å². The molecule has 0 unspecified atom stereocenters. The van der Waals surface area contributed by atoms with Gasteiger partial charge in [-0.2, -0.15) is 0 Å². The third kappa shape index (κ3) is 3.62. The first kappa shape index (κ1) is 20.2. The van der Waals surface area contributed by atoms with Crippen molar-refractivity contribution in [1.82, 2.24) is 9.88 Å². The van der Waals surface area contributed by atoms with Crippen LogP contribution in [0.3, 0.4) is 0 Å². The zero-order chi connectivity index (χ0) is 22.3. The molecule has 1 amide bonds. The number of amides is 1. The maximum atomic E-state index is 13.2. The zero-order valence-corrected chi connectivity index (χ0v) is 18.1. The number of hydrogen-bond donors (Lipinski definition) is 0. The normalized spacial score (nSPS) is 15.3. The Labute approximate surface area is 186 Å². The van der Waals surface area contributed by atoms with Crippen molar-refractivity contribution < 1.29 is 19.1 Å². The lowest BCUT2D eigenvalue weighted by Crippen LogP contribution is -2.22. The molecule has 5 rings (SSSR count). The summed E-state index contributed by atoms with van der Waals surface area (Å²) in [5.74, 6) is 1.60. The van der Waals surface area contributed by atoms with E-state index < -0.39 is 5.41 Å². The second kappa shape index (κ2) is 7.79. The minimum atomic E-state index is -0.434. The Morgan fingerprint density at radius 2 is 1.66 bits per heavy atom. The van der Waals surface area contributed by atoms with Crippen LogP contribution in [0.1, 0.15) is 34.5 Å². The molecule has 1 fully saturated rings. The second-order valence-corrected chi connectivity index (χ2v) is 8.57. The summed E-state index contributed by atoms with van der Waals surface area (Å²) in [5.41, 5.74) is 3.88. The van der Waals surface area contributed by atoms with Gasteiger partial charge in [0.2, 0.25) is 6.79 Å². The fraction of sp³-hybridized carbons (Fsp3) is 0.269. The molecule has 3 aromatic rings. The molecule has 1 aliphatic heterocycles. The van der Waals surface area contributed by atoms with Crippen LogP contribution in [-0.4, -0.2) is 42.5 Å². The molecule has 0 spiro atoms. The Morgan fingerprint density at radius 3 is 2.31 bits per heavy atom. The van der Waals surface area contributed by atoms with Gasteiger partial charge in [-0.1, -0.05) is 24.3 Å². The second-order valence-electron chi connectivity index (χ2n) is 8.57. The van der Waals surface area contributed by atoms with E-state index >= 15 is 0 Å². The van der Waals surface area contributed by atoms with Crippen LogP contribution >= 0.6 is 0 Å². The standard InChI is InChI=1S/C26H24N2O4/c1-28(2)25(30)18-5-3-17(4-6-18)19-7-9-21(27-15-19)14-24(29)26(11-12-26)20-8-10-22-23(13-20)32-16-31-22/h3-10,13,15H,11-12,14,16H2,1-2H3. The summed E-state index contributed by atoms with van der Waals surface area (Å²) in [7, 11) is 3.47. The van der Waals surface area contributed by atoms with Gasteiger partial charge < -0.3 is 14.4 Å². The Hall–Kier alpha value is -3.67. The molecule has 0 radical (unpaired) electrons. The van der Waals surface area contributed by atoms with Gasteiger partial charge in [0.05, 0.1) is 5.41 Å². The molecular weight excluding hydrogens is 404 g/mol. The van der Waals surface area contributed by atoms with Crippen LogP contribution in [0.4, 0.5) is 0 Å². The van der Waals surface area contributed by atoms with E-state index in [1.807, 2.05) is 54.6 Å². The molecule has 0 saturated heterocycles. The zero-order valence-electron chi connectivity index (χ0n) is 18.1. The number of carbonyl (C=O) groups excluding carboxylic acids is 2. The van der Waals surface area contributed by atoms with Gasteiger partial charge in [-0.3, -0.25) is 14.6 Å². The van der Waals surface area contributed by atoms with E-state index in [0.29, 0.717) is 17.7 Å². The molecule has 6 nitrogen and oxygen atoms in total. The van der Waals surface area contributed by atoms with Crippen molar-refractivity contribution in [3.8, 4) is 22.6 Å². The fourth-order valence-corrected chi connectivity index (χ4v) is 4.14. The van der Waals surface area contributed by atoms with E-state index in [1.165, 1.54) is 0 Å². The van der Waals surface area contributed by atoms with Crippen molar-refractivity contribution in [1.29, 1.82) is 0 Å². The van der Waals surface area contributed by atoms with Crippen molar-refractivity contribution in [2.45, 2.75) is 24.7 Å². The molecule has 0 N–H and O–H groups in total. The fourth-order valence-electron chi connectivity index (χ4n) is 4.14. The van der Waals surface area contributed by atoms with Gasteiger partial charge in [-0.25, -0.2) is 0 Å². The molecule has 0 atom stereocenters. The highest BCUT2D eigenvalue weighted by Gasteiger charge is 2.50. The van der Waals surface area contributed by atoms with Gasteiger partial charge in [0, 0.05) is 43.5 Å². The van der Waals surface area contributed by atoms with Gasteiger partial charge >= 0.3 is 0 Å². The average Bonchev–Trinajstić information content (AvgIpc) is 3.50. The number of nitrogens with zero attached hydrogens (tertiary/aromatic N) is 2. The quantitative estimate of drug-likeness (QED) is 0.593. The number of ketones is 1. The predicted molar refractivity (Wildman–Crippen MR) is 120 cm³/mol. The lowest BCUT2D eigenvalue weighted by molar-refractivity contribution is -0.120. The van der Waals surface area contributed by atoms with E-state index in [2.05, 4.69) is 4.98 Å². The maximum Gasteiger partial charge on any atom is 0.253 e. The smallest absolute Gasteiger partial charge is 0.253 e. The van der Waals surface area contributed by atoms with Crippen molar-refractivity contribution in [2.75, 3.05) is 20.9 Å². The number of carbonyl (C=O) groups is 2. The maximum absolute atomic E-state index is 13.2. The molecule has 1 aliphatic carbocycles. The first-order chi connectivity index (χ1) is 15.5. The first-order valence-electron chi connectivity index (χ1n) is 10.7. The van der Waals surface area contributed by atoms with E-state index in [0.717, 1.165) is 41.0 Å². The van der Waals surface area contributed by atoms with E-state index in [1.54, 1.807) is 25.2 Å². The van der Waals surface area contributed by atoms with Gasteiger partial charge in [0.1, 0.15) is 5.78 Å². The molecular formula is C26H24N2O4. The lowest BCUT2D eigenvalue weighted by atomic mass is 9.88. The molecule has 32 heavy (non-hydrogen) atoms. The van der Waals surface area contributed by atoms with Gasteiger partial charge in [-0.15, -0.1) is 0 Å². The Kier molecular flexibility index (Phi) is 4.93. The van der Waals surface area contributed by atoms with Crippen molar-refractivity contribution >= 4 is 11.7 Å². The van der Waals surface area contributed by atoms with Crippen LogP contribution in [0.5, 0.6) is 11.5 Å².